The maximum atomic E-state index is 10.8. The Hall–Kier alpha value is -2.49. The van der Waals surface area contributed by atoms with Crippen molar-refractivity contribution in [3.63, 3.8) is 0 Å². The van der Waals surface area contributed by atoms with Crippen LogP contribution in [0.15, 0.2) is 48.5 Å². The molecule has 2 rings (SSSR count). The Morgan fingerprint density at radius 3 is 2.47 bits per heavy atom. The molecule has 1 atom stereocenters. The first kappa shape index (κ1) is 13.0. The van der Waals surface area contributed by atoms with Crippen LogP contribution in [0.25, 0.3) is 0 Å². The third-order valence-electron chi connectivity index (χ3n) is 2.97. The van der Waals surface area contributed by atoms with Gasteiger partial charge in [0.25, 0.3) is 0 Å². The zero-order chi connectivity index (χ0) is 13.8. The largest absolute Gasteiger partial charge is 0.478 e. The second-order valence-corrected chi connectivity index (χ2v) is 4.38. The van der Waals surface area contributed by atoms with Gasteiger partial charge in [0.1, 0.15) is 0 Å². The third-order valence-corrected chi connectivity index (χ3v) is 2.97. The van der Waals surface area contributed by atoms with E-state index in [1.165, 1.54) is 6.07 Å². The van der Waals surface area contributed by atoms with E-state index in [9.17, 15) is 4.79 Å². The average molecular weight is 256 g/mol. The van der Waals surface area contributed by atoms with E-state index in [1.54, 1.807) is 12.1 Å². The van der Waals surface area contributed by atoms with Crippen LogP contribution in [0.5, 0.6) is 0 Å². The lowest BCUT2D eigenvalue weighted by atomic mass is 10.1. The normalized spacial score (nSPS) is 11.8. The molecule has 0 amide bonds. The first-order chi connectivity index (χ1) is 9.08. The number of anilines is 2. The summed E-state index contributed by atoms with van der Waals surface area (Å²) in [5.74, 6) is -0.977. The molecule has 0 aromatic heterocycles. The molecule has 4 N–H and O–H groups in total. The third kappa shape index (κ3) is 3.04. The molecule has 0 aliphatic rings. The highest BCUT2D eigenvalue weighted by Gasteiger charge is 2.09. The van der Waals surface area contributed by atoms with E-state index in [-0.39, 0.29) is 11.6 Å². The SMILES string of the molecule is C[C@H](Nc1ccc(C(=O)O)cc1N)c1ccccc1. The molecule has 0 saturated carbocycles. The van der Waals surface area contributed by atoms with Crippen LogP contribution in [0, 0.1) is 0 Å². The second kappa shape index (κ2) is 5.44. The fourth-order valence-electron chi connectivity index (χ4n) is 1.89. The molecule has 0 radical (unpaired) electrons. The predicted octanol–water partition coefficient (Wildman–Crippen LogP) is 3.14. The van der Waals surface area contributed by atoms with Gasteiger partial charge in [0.05, 0.1) is 16.9 Å². The Labute approximate surface area is 111 Å². The quantitative estimate of drug-likeness (QED) is 0.734. The fraction of sp³-hybridized carbons (Fsp3) is 0.133. The van der Waals surface area contributed by atoms with Gasteiger partial charge in [-0.1, -0.05) is 30.3 Å². The minimum Gasteiger partial charge on any atom is -0.478 e. The first-order valence-electron chi connectivity index (χ1n) is 6.02. The number of carboxylic acid groups (broad SMARTS) is 1. The number of nitrogens with one attached hydrogen (secondary N) is 1. The molecule has 0 aliphatic carbocycles. The van der Waals surface area contributed by atoms with Crippen molar-refractivity contribution >= 4 is 17.3 Å². The minimum atomic E-state index is -0.977. The van der Waals surface area contributed by atoms with Gasteiger partial charge in [-0.25, -0.2) is 4.79 Å². The molecule has 19 heavy (non-hydrogen) atoms. The number of carbonyl (C=O) groups is 1. The molecular weight excluding hydrogens is 240 g/mol. The Kier molecular flexibility index (Phi) is 3.71. The Bertz CT molecular complexity index is 582. The van der Waals surface area contributed by atoms with Gasteiger partial charge in [-0.3, -0.25) is 0 Å². The summed E-state index contributed by atoms with van der Waals surface area (Å²) in [5, 5.41) is 12.2. The molecule has 0 saturated heterocycles. The summed E-state index contributed by atoms with van der Waals surface area (Å²) in [6.07, 6.45) is 0. The van der Waals surface area contributed by atoms with Crippen molar-refractivity contribution in [3.8, 4) is 0 Å². The van der Waals surface area contributed by atoms with Crippen molar-refractivity contribution in [3.05, 3.63) is 59.7 Å². The second-order valence-electron chi connectivity index (χ2n) is 4.38. The maximum Gasteiger partial charge on any atom is 0.335 e. The Morgan fingerprint density at radius 2 is 1.89 bits per heavy atom. The topological polar surface area (TPSA) is 75.3 Å². The van der Waals surface area contributed by atoms with E-state index in [0.717, 1.165) is 11.3 Å². The van der Waals surface area contributed by atoms with Crippen LogP contribution in [0.4, 0.5) is 11.4 Å². The Morgan fingerprint density at radius 1 is 1.21 bits per heavy atom. The minimum absolute atomic E-state index is 0.0965. The molecule has 0 fully saturated rings. The van der Waals surface area contributed by atoms with Crippen LogP contribution in [-0.2, 0) is 0 Å². The van der Waals surface area contributed by atoms with E-state index in [4.69, 9.17) is 10.8 Å². The summed E-state index contributed by atoms with van der Waals surface area (Å²) < 4.78 is 0. The van der Waals surface area contributed by atoms with E-state index in [1.807, 2.05) is 37.3 Å². The molecule has 2 aromatic carbocycles. The number of benzene rings is 2. The average Bonchev–Trinajstić information content (AvgIpc) is 2.41. The van der Waals surface area contributed by atoms with Crippen molar-refractivity contribution in [2.75, 3.05) is 11.1 Å². The number of rotatable bonds is 4. The van der Waals surface area contributed by atoms with Crippen molar-refractivity contribution in [1.29, 1.82) is 0 Å². The summed E-state index contributed by atoms with van der Waals surface area (Å²) in [6, 6.07) is 14.8. The molecule has 2 aromatic rings. The van der Waals surface area contributed by atoms with Gasteiger partial charge in [0.2, 0.25) is 0 Å². The van der Waals surface area contributed by atoms with E-state index in [2.05, 4.69) is 5.32 Å². The van der Waals surface area contributed by atoms with Crippen LogP contribution >= 0.6 is 0 Å². The molecular formula is C15H16N2O2. The summed E-state index contributed by atoms with van der Waals surface area (Å²) in [6.45, 7) is 2.03. The van der Waals surface area contributed by atoms with Crippen molar-refractivity contribution < 1.29 is 9.90 Å². The first-order valence-corrected chi connectivity index (χ1v) is 6.02. The number of nitrogen functional groups attached to an aromatic ring is 1. The monoisotopic (exact) mass is 256 g/mol. The lowest BCUT2D eigenvalue weighted by molar-refractivity contribution is 0.0697. The fourth-order valence-corrected chi connectivity index (χ4v) is 1.89. The van der Waals surface area contributed by atoms with Gasteiger partial charge < -0.3 is 16.2 Å². The number of nitrogens with two attached hydrogens (primary N) is 1. The van der Waals surface area contributed by atoms with Gasteiger partial charge in [0.15, 0.2) is 0 Å². The van der Waals surface area contributed by atoms with Crippen LogP contribution < -0.4 is 11.1 Å². The van der Waals surface area contributed by atoms with Crippen molar-refractivity contribution in [1.82, 2.24) is 0 Å². The van der Waals surface area contributed by atoms with E-state index >= 15 is 0 Å². The van der Waals surface area contributed by atoms with Crippen LogP contribution in [0.2, 0.25) is 0 Å². The number of hydrogen-bond donors (Lipinski definition) is 3. The lowest BCUT2D eigenvalue weighted by Gasteiger charge is -2.17. The highest BCUT2D eigenvalue weighted by atomic mass is 16.4. The van der Waals surface area contributed by atoms with Gasteiger partial charge in [-0.15, -0.1) is 0 Å². The van der Waals surface area contributed by atoms with Crippen LogP contribution in [-0.4, -0.2) is 11.1 Å². The van der Waals surface area contributed by atoms with Gasteiger partial charge in [-0.2, -0.15) is 0 Å². The molecule has 98 valence electrons. The zero-order valence-corrected chi connectivity index (χ0v) is 10.6. The van der Waals surface area contributed by atoms with Gasteiger partial charge in [-0.05, 0) is 30.7 Å². The number of aromatic carboxylic acids is 1. The van der Waals surface area contributed by atoms with E-state index < -0.39 is 5.97 Å². The molecule has 4 nitrogen and oxygen atoms in total. The van der Waals surface area contributed by atoms with Gasteiger partial charge >= 0.3 is 5.97 Å². The summed E-state index contributed by atoms with van der Waals surface area (Å²) in [4.78, 5) is 10.8. The maximum absolute atomic E-state index is 10.8. The van der Waals surface area contributed by atoms with E-state index in [0.29, 0.717) is 5.69 Å². The lowest BCUT2D eigenvalue weighted by Crippen LogP contribution is -2.09. The summed E-state index contributed by atoms with van der Waals surface area (Å²) in [7, 11) is 0. The van der Waals surface area contributed by atoms with Gasteiger partial charge in [0, 0.05) is 6.04 Å². The van der Waals surface area contributed by atoms with Crippen molar-refractivity contribution in [2.45, 2.75) is 13.0 Å². The molecule has 0 unspecified atom stereocenters. The summed E-state index contributed by atoms with van der Waals surface area (Å²) >= 11 is 0. The summed E-state index contributed by atoms with van der Waals surface area (Å²) in [5.41, 5.74) is 8.36. The van der Waals surface area contributed by atoms with Crippen molar-refractivity contribution in [2.24, 2.45) is 0 Å². The number of carboxylic acids is 1. The highest BCUT2D eigenvalue weighted by Crippen LogP contribution is 2.25. The predicted molar refractivity (Wildman–Crippen MR) is 76.3 cm³/mol. The highest BCUT2D eigenvalue weighted by molar-refractivity contribution is 5.90. The smallest absolute Gasteiger partial charge is 0.335 e. The van der Waals surface area contributed by atoms with Crippen LogP contribution in [0.3, 0.4) is 0 Å². The van der Waals surface area contributed by atoms with Crippen LogP contribution in [0.1, 0.15) is 28.9 Å². The molecule has 0 heterocycles. The molecule has 0 aliphatic heterocycles. The zero-order valence-electron chi connectivity index (χ0n) is 10.6. The molecule has 4 heteroatoms. The standard InChI is InChI=1S/C15H16N2O2/c1-10(11-5-3-2-4-6-11)17-14-8-7-12(15(18)19)9-13(14)16/h2-10,17H,16H2,1H3,(H,18,19)/t10-/m0/s1. The molecule has 0 bridgehead atoms. The number of hydrogen-bond acceptors (Lipinski definition) is 3. The molecule has 0 spiro atoms. The Balaban J connectivity index is 2.18.